The third-order valence-electron chi connectivity index (χ3n) is 2.86. The number of carboxylic acids is 1. The Balaban J connectivity index is 1.90. The fourth-order valence-corrected chi connectivity index (χ4v) is 2.07. The monoisotopic (exact) mass is 205 g/mol. The van der Waals surface area contributed by atoms with E-state index in [4.69, 9.17) is 5.11 Å². The lowest BCUT2D eigenvalue weighted by Crippen LogP contribution is -2.36. The van der Waals surface area contributed by atoms with Crippen LogP contribution in [0.1, 0.15) is 18.4 Å². The van der Waals surface area contributed by atoms with Gasteiger partial charge in [0.15, 0.2) is 0 Å². The average molecular weight is 205 g/mol. The van der Waals surface area contributed by atoms with Crippen LogP contribution in [0.5, 0.6) is 0 Å². The summed E-state index contributed by atoms with van der Waals surface area (Å²) in [6.07, 6.45) is 2.61. The molecule has 15 heavy (non-hydrogen) atoms. The van der Waals surface area contributed by atoms with Crippen molar-refractivity contribution < 1.29 is 9.90 Å². The number of nitrogens with one attached hydrogen (secondary N) is 1. The lowest BCUT2D eigenvalue weighted by atomic mass is 10.0. The average Bonchev–Trinajstić information content (AvgIpc) is 2.68. The zero-order valence-electron chi connectivity index (χ0n) is 8.52. The van der Waals surface area contributed by atoms with E-state index in [-0.39, 0.29) is 6.04 Å². The SMILES string of the molecule is O=C(O)C1CCC(Cc2ccccc2)N1. The van der Waals surface area contributed by atoms with E-state index in [0.717, 1.165) is 19.3 Å². The van der Waals surface area contributed by atoms with Crippen molar-refractivity contribution in [3.8, 4) is 0 Å². The summed E-state index contributed by atoms with van der Waals surface area (Å²) in [5, 5.41) is 12.0. The second-order valence-corrected chi connectivity index (χ2v) is 4.02. The zero-order valence-corrected chi connectivity index (χ0v) is 8.52. The first kappa shape index (κ1) is 10.2. The molecular weight excluding hydrogens is 190 g/mol. The van der Waals surface area contributed by atoms with Gasteiger partial charge >= 0.3 is 5.97 Å². The third-order valence-corrected chi connectivity index (χ3v) is 2.86. The molecule has 0 radical (unpaired) electrons. The van der Waals surface area contributed by atoms with Gasteiger partial charge in [0, 0.05) is 6.04 Å². The van der Waals surface area contributed by atoms with Crippen LogP contribution in [0.25, 0.3) is 0 Å². The topological polar surface area (TPSA) is 49.3 Å². The fourth-order valence-electron chi connectivity index (χ4n) is 2.07. The van der Waals surface area contributed by atoms with Crippen molar-refractivity contribution in [2.24, 2.45) is 0 Å². The number of carboxylic acid groups (broad SMARTS) is 1. The molecular formula is C12H15NO2. The van der Waals surface area contributed by atoms with Crippen molar-refractivity contribution in [3.63, 3.8) is 0 Å². The molecule has 2 atom stereocenters. The van der Waals surface area contributed by atoms with Gasteiger partial charge in [-0.25, -0.2) is 0 Å². The summed E-state index contributed by atoms with van der Waals surface area (Å²) in [4.78, 5) is 10.7. The molecule has 1 heterocycles. The van der Waals surface area contributed by atoms with Gasteiger partial charge in [-0.2, -0.15) is 0 Å². The van der Waals surface area contributed by atoms with Crippen molar-refractivity contribution in [2.45, 2.75) is 31.3 Å². The lowest BCUT2D eigenvalue weighted by molar-refractivity contribution is -0.139. The summed E-state index contributed by atoms with van der Waals surface area (Å²) in [5.74, 6) is -0.731. The van der Waals surface area contributed by atoms with Gasteiger partial charge in [-0.05, 0) is 24.8 Å². The highest BCUT2D eigenvalue weighted by molar-refractivity contribution is 5.73. The largest absolute Gasteiger partial charge is 0.480 e. The van der Waals surface area contributed by atoms with Gasteiger partial charge in [0.2, 0.25) is 0 Å². The molecule has 80 valence electrons. The first-order valence-corrected chi connectivity index (χ1v) is 5.28. The maximum Gasteiger partial charge on any atom is 0.320 e. The van der Waals surface area contributed by atoms with E-state index >= 15 is 0 Å². The van der Waals surface area contributed by atoms with E-state index in [1.807, 2.05) is 18.2 Å². The number of aliphatic carboxylic acids is 1. The highest BCUT2D eigenvalue weighted by Gasteiger charge is 2.28. The highest BCUT2D eigenvalue weighted by Crippen LogP contribution is 2.16. The molecule has 2 N–H and O–H groups in total. The third kappa shape index (κ3) is 2.57. The molecule has 3 heteroatoms. The minimum Gasteiger partial charge on any atom is -0.480 e. The Hall–Kier alpha value is -1.35. The van der Waals surface area contributed by atoms with Gasteiger partial charge in [-0.1, -0.05) is 30.3 Å². The Morgan fingerprint density at radius 3 is 2.67 bits per heavy atom. The molecule has 0 aromatic heterocycles. The summed E-state index contributed by atoms with van der Waals surface area (Å²) in [5.41, 5.74) is 1.26. The molecule has 1 aromatic carbocycles. The van der Waals surface area contributed by atoms with E-state index < -0.39 is 5.97 Å². The quantitative estimate of drug-likeness (QED) is 0.785. The van der Waals surface area contributed by atoms with Crippen molar-refractivity contribution >= 4 is 5.97 Å². The maximum absolute atomic E-state index is 10.7. The number of hydrogen-bond acceptors (Lipinski definition) is 2. The Morgan fingerprint density at radius 2 is 2.07 bits per heavy atom. The molecule has 1 aromatic rings. The summed E-state index contributed by atoms with van der Waals surface area (Å²) in [6.45, 7) is 0. The van der Waals surface area contributed by atoms with Crippen molar-refractivity contribution in [3.05, 3.63) is 35.9 Å². The summed E-state index contributed by atoms with van der Waals surface area (Å²) >= 11 is 0. The molecule has 0 saturated carbocycles. The number of carbonyl (C=O) groups is 1. The van der Waals surface area contributed by atoms with Gasteiger partial charge < -0.3 is 10.4 Å². The molecule has 1 aliphatic heterocycles. The lowest BCUT2D eigenvalue weighted by Gasteiger charge is -2.11. The van der Waals surface area contributed by atoms with Crippen LogP contribution in [0, 0.1) is 0 Å². The smallest absolute Gasteiger partial charge is 0.320 e. The van der Waals surface area contributed by atoms with Crippen LogP contribution in [0.3, 0.4) is 0 Å². The van der Waals surface area contributed by atoms with E-state index in [9.17, 15) is 4.79 Å². The Bertz CT molecular complexity index is 337. The maximum atomic E-state index is 10.7. The molecule has 1 saturated heterocycles. The predicted molar refractivity (Wildman–Crippen MR) is 57.7 cm³/mol. The van der Waals surface area contributed by atoms with Crippen LogP contribution in [0.4, 0.5) is 0 Å². The van der Waals surface area contributed by atoms with E-state index in [2.05, 4.69) is 17.4 Å². The molecule has 0 spiro atoms. The first-order valence-electron chi connectivity index (χ1n) is 5.28. The van der Waals surface area contributed by atoms with Gasteiger partial charge in [0.25, 0.3) is 0 Å². The van der Waals surface area contributed by atoms with Crippen LogP contribution >= 0.6 is 0 Å². The molecule has 1 fully saturated rings. The normalized spacial score (nSPS) is 25.3. The summed E-state index contributed by atoms with van der Waals surface area (Å²) < 4.78 is 0. The second-order valence-electron chi connectivity index (χ2n) is 4.02. The van der Waals surface area contributed by atoms with E-state index in [1.54, 1.807) is 0 Å². The van der Waals surface area contributed by atoms with Crippen molar-refractivity contribution in [1.82, 2.24) is 5.32 Å². The fraction of sp³-hybridized carbons (Fsp3) is 0.417. The first-order chi connectivity index (χ1) is 7.25. The molecule has 2 rings (SSSR count). The predicted octanol–water partition coefficient (Wildman–Crippen LogP) is 1.43. The van der Waals surface area contributed by atoms with Crippen LogP contribution < -0.4 is 5.32 Å². The van der Waals surface area contributed by atoms with Crippen molar-refractivity contribution in [1.29, 1.82) is 0 Å². The van der Waals surface area contributed by atoms with Crippen LogP contribution in [0.2, 0.25) is 0 Å². The van der Waals surface area contributed by atoms with Gasteiger partial charge in [0.1, 0.15) is 6.04 Å². The van der Waals surface area contributed by atoms with Crippen molar-refractivity contribution in [2.75, 3.05) is 0 Å². The number of rotatable bonds is 3. The number of benzene rings is 1. The molecule has 0 amide bonds. The molecule has 0 bridgehead atoms. The summed E-state index contributed by atoms with van der Waals surface area (Å²) in [7, 11) is 0. The Kier molecular flexibility index (Phi) is 3.02. The minimum absolute atomic E-state index is 0.313. The molecule has 2 unspecified atom stereocenters. The van der Waals surface area contributed by atoms with Crippen LogP contribution in [0.15, 0.2) is 30.3 Å². The second kappa shape index (κ2) is 4.45. The molecule has 1 aliphatic rings. The molecule has 0 aliphatic carbocycles. The standard InChI is InChI=1S/C12H15NO2/c14-12(15)11-7-6-10(13-11)8-9-4-2-1-3-5-9/h1-5,10-11,13H,6-8H2,(H,14,15). The van der Waals surface area contributed by atoms with Gasteiger partial charge in [-0.3, -0.25) is 4.79 Å². The number of hydrogen-bond donors (Lipinski definition) is 2. The van der Waals surface area contributed by atoms with Gasteiger partial charge in [0.05, 0.1) is 0 Å². The minimum atomic E-state index is -0.731. The summed E-state index contributed by atoms with van der Waals surface area (Å²) in [6, 6.07) is 10.1. The van der Waals surface area contributed by atoms with E-state index in [0.29, 0.717) is 6.04 Å². The highest BCUT2D eigenvalue weighted by atomic mass is 16.4. The Morgan fingerprint density at radius 1 is 1.33 bits per heavy atom. The van der Waals surface area contributed by atoms with Crippen LogP contribution in [-0.2, 0) is 11.2 Å². The van der Waals surface area contributed by atoms with Crippen LogP contribution in [-0.4, -0.2) is 23.2 Å². The molecule has 3 nitrogen and oxygen atoms in total. The Labute approximate surface area is 89.1 Å². The van der Waals surface area contributed by atoms with Gasteiger partial charge in [-0.15, -0.1) is 0 Å². The zero-order chi connectivity index (χ0) is 10.7. The van der Waals surface area contributed by atoms with E-state index in [1.165, 1.54) is 5.56 Å².